The summed E-state index contributed by atoms with van der Waals surface area (Å²) in [7, 11) is 0. The van der Waals surface area contributed by atoms with Gasteiger partial charge in [-0.25, -0.2) is 9.37 Å². The molecule has 0 aliphatic carbocycles. The van der Waals surface area contributed by atoms with Crippen molar-refractivity contribution in [3.8, 4) is 0 Å². The van der Waals surface area contributed by atoms with Crippen LogP contribution in [0.1, 0.15) is 11.1 Å². The molecule has 0 bridgehead atoms. The molecule has 4 heteroatoms. The van der Waals surface area contributed by atoms with E-state index in [1.165, 1.54) is 12.1 Å². The first-order chi connectivity index (χ1) is 9.28. The molecule has 0 amide bonds. The molecule has 0 unspecified atom stereocenters. The molecule has 2 heterocycles. The molecule has 3 rings (SSSR count). The van der Waals surface area contributed by atoms with Crippen LogP contribution in [0.5, 0.6) is 0 Å². The molecule has 3 nitrogen and oxygen atoms in total. The number of pyridine rings is 1. The predicted octanol–water partition coefficient (Wildman–Crippen LogP) is 2.72. The van der Waals surface area contributed by atoms with Gasteiger partial charge in [0.1, 0.15) is 11.5 Å². The Labute approximate surface area is 109 Å². The average molecular weight is 256 g/mol. The van der Waals surface area contributed by atoms with E-state index in [9.17, 15) is 9.50 Å². The van der Waals surface area contributed by atoms with Gasteiger partial charge in [0.2, 0.25) is 0 Å². The lowest BCUT2D eigenvalue weighted by atomic mass is 10.2. The summed E-state index contributed by atoms with van der Waals surface area (Å²) in [5, 5.41) is 10.3. The van der Waals surface area contributed by atoms with E-state index in [-0.39, 0.29) is 12.4 Å². The number of hydrogen-bond donors (Lipinski definition) is 1. The van der Waals surface area contributed by atoms with Crippen LogP contribution in [0.25, 0.3) is 11.0 Å². The minimum atomic E-state index is -0.246. The number of halogens is 1. The summed E-state index contributed by atoms with van der Waals surface area (Å²) in [5.41, 5.74) is 2.50. The maximum absolute atomic E-state index is 13.2. The standard InChI is InChI=1S/C15H13FN2O/c16-13-4-1-3-11(7-13)8-18-9-12(10-19)14-5-2-6-17-15(14)18/h1-7,9,19H,8,10H2. The highest BCUT2D eigenvalue weighted by Crippen LogP contribution is 2.20. The molecule has 2 aromatic heterocycles. The van der Waals surface area contributed by atoms with Crippen molar-refractivity contribution in [2.45, 2.75) is 13.2 Å². The lowest BCUT2D eigenvalue weighted by Gasteiger charge is -2.04. The van der Waals surface area contributed by atoms with Crippen molar-refractivity contribution in [2.24, 2.45) is 0 Å². The monoisotopic (exact) mass is 256 g/mol. The van der Waals surface area contributed by atoms with E-state index in [0.29, 0.717) is 6.54 Å². The third-order valence-electron chi connectivity index (χ3n) is 3.13. The topological polar surface area (TPSA) is 38.0 Å². The van der Waals surface area contributed by atoms with Crippen LogP contribution in [-0.2, 0) is 13.2 Å². The zero-order chi connectivity index (χ0) is 13.2. The summed E-state index contributed by atoms with van der Waals surface area (Å²) in [6.45, 7) is 0.504. The van der Waals surface area contributed by atoms with Crippen LogP contribution < -0.4 is 0 Å². The first kappa shape index (κ1) is 11.9. The maximum atomic E-state index is 13.2. The Balaban J connectivity index is 2.06. The van der Waals surface area contributed by atoms with Gasteiger partial charge in [-0.3, -0.25) is 0 Å². The quantitative estimate of drug-likeness (QED) is 0.782. The van der Waals surface area contributed by atoms with Crippen LogP contribution in [0.15, 0.2) is 48.8 Å². The van der Waals surface area contributed by atoms with E-state index in [1.807, 2.05) is 29.0 Å². The zero-order valence-corrected chi connectivity index (χ0v) is 10.3. The van der Waals surface area contributed by atoms with Crippen molar-refractivity contribution in [1.82, 2.24) is 9.55 Å². The molecule has 0 aliphatic rings. The largest absolute Gasteiger partial charge is 0.392 e. The average Bonchev–Trinajstić information content (AvgIpc) is 2.77. The molecule has 0 saturated heterocycles. The maximum Gasteiger partial charge on any atom is 0.140 e. The number of aromatic nitrogens is 2. The van der Waals surface area contributed by atoms with Gasteiger partial charge in [0, 0.05) is 29.9 Å². The molecule has 0 saturated carbocycles. The smallest absolute Gasteiger partial charge is 0.140 e. The molecule has 1 aromatic carbocycles. The van der Waals surface area contributed by atoms with Gasteiger partial charge in [-0.05, 0) is 29.8 Å². The predicted molar refractivity (Wildman–Crippen MR) is 71.2 cm³/mol. The van der Waals surface area contributed by atoms with Gasteiger partial charge in [0.15, 0.2) is 0 Å². The highest BCUT2D eigenvalue weighted by molar-refractivity contribution is 5.80. The fraction of sp³-hybridized carbons (Fsp3) is 0.133. The van der Waals surface area contributed by atoms with Crippen molar-refractivity contribution in [3.05, 3.63) is 65.7 Å². The number of rotatable bonds is 3. The second-order valence-corrected chi connectivity index (χ2v) is 4.44. The normalized spacial score (nSPS) is 11.1. The number of hydrogen-bond acceptors (Lipinski definition) is 2. The lowest BCUT2D eigenvalue weighted by Crippen LogP contribution is -1.99. The molecule has 0 aliphatic heterocycles. The number of nitrogens with zero attached hydrogens (tertiary/aromatic N) is 2. The van der Waals surface area contributed by atoms with Gasteiger partial charge in [0.05, 0.1) is 6.61 Å². The molecule has 3 aromatic rings. The molecule has 0 radical (unpaired) electrons. The summed E-state index contributed by atoms with van der Waals surface area (Å²) >= 11 is 0. The number of benzene rings is 1. The van der Waals surface area contributed by atoms with Gasteiger partial charge < -0.3 is 9.67 Å². The molecule has 0 fully saturated rings. The number of fused-ring (bicyclic) bond motifs is 1. The Morgan fingerprint density at radius 2 is 2.11 bits per heavy atom. The molecule has 96 valence electrons. The second kappa shape index (κ2) is 4.82. The highest BCUT2D eigenvalue weighted by Gasteiger charge is 2.08. The lowest BCUT2D eigenvalue weighted by molar-refractivity contribution is 0.283. The van der Waals surface area contributed by atoms with Crippen molar-refractivity contribution < 1.29 is 9.50 Å². The van der Waals surface area contributed by atoms with Crippen LogP contribution in [-0.4, -0.2) is 14.7 Å². The second-order valence-electron chi connectivity index (χ2n) is 4.44. The van der Waals surface area contributed by atoms with Crippen LogP contribution in [0, 0.1) is 5.82 Å². The van der Waals surface area contributed by atoms with Crippen LogP contribution >= 0.6 is 0 Å². The molecule has 1 N–H and O–H groups in total. The van der Waals surface area contributed by atoms with Crippen LogP contribution in [0.3, 0.4) is 0 Å². The van der Waals surface area contributed by atoms with E-state index in [4.69, 9.17) is 0 Å². The minimum Gasteiger partial charge on any atom is -0.392 e. The molecular formula is C15H13FN2O. The summed E-state index contributed by atoms with van der Waals surface area (Å²) in [4.78, 5) is 4.33. The zero-order valence-electron chi connectivity index (χ0n) is 10.3. The van der Waals surface area contributed by atoms with E-state index in [2.05, 4.69) is 4.98 Å². The molecule has 0 atom stereocenters. The summed E-state index contributed by atoms with van der Waals surface area (Å²) < 4.78 is 15.1. The van der Waals surface area contributed by atoms with Crippen molar-refractivity contribution >= 4 is 11.0 Å². The third-order valence-corrected chi connectivity index (χ3v) is 3.13. The van der Waals surface area contributed by atoms with E-state index in [1.54, 1.807) is 12.3 Å². The Kier molecular flexibility index (Phi) is 3.01. The summed E-state index contributed by atoms with van der Waals surface area (Å²) in [5.74, 6) is -0.246. The SMILES string of the molecule is OCc1cn(Cc2cccc(F)c2)c2ncccc12. The fourth-order valence-corrected chi connectivity index (χ4v) is 2.27. The highest BCUT2D eigenvalue weighted by atomic mass is 19.1. The molecule has 19 heavy (non-hydrogen) atoms. The molecular weight excluding hydrogens is 243 g/mol. The molecule has 0 spiro atoms. The third kappa shape index (κ3) is 2.22. The number of aliphatic hydroxyl groups is 1. The van der Waals surface area contributed by atoms with Gasteiger partial charge in [-0.2, -0.15) is 0 Å². The van der Waals surface area contributed by atoms with Crippen molar-refractivity contribution in [2.75, 3.05) is 0 Å². The Morgan fingerprint density at radius 3 is 2.89 bits per heavy atom. The van der Waals surface area contributed by atoms with Crippen LogP contribution in [0.2, 0.25) is 0 Å². The van der Waals surface area contributed by atoms with E-state index in [0.717, 1.165) is 22.2 Å². The van der Waals surface area contributed by atoms with Gasteiger partial charge >= 0.3 is 0 Å². The van der Waals surface area contributed by atoms with Gasteiger partial charge in [-0.1, -0.05) is 12.1 Å². The van der Waals surface area contributed by atoms with Gasteiger partial charge in [-0.15, -0.1) is 0 Å². The van der Waals surface area contributed by atoms with Crippen LogP contribution in [0.4, 0.5) is 4.39 Å². The Morgan fingerprint density at radius 1 is 1.21 bits per heavy atom. The van der Waals surface area contributed by atoms with E-state index < -0.39 is 0 Å². The fourth-order valence-electron chi connectivity index (χ4n) is 2.27. The van der Waals surface area contributed by atoms with E-state index >= 15 is 0 Å². The first-order valence-corrected chi connectivity index (χ1v) is 6.06. The number of aliphatic hydroxyl groups excluding tert-OH is 1. The minimum absolute atomic E-state index is 0.0294. The summed E-state index contributed by atoms with van der Waals surface area (Å²) in [6.07, 6.45) is 3.58. The first-order valence-electron chi connectivity index (χ1n) is 6.06. The van der Waals surface area contributed by atoms with Gasteiger partial charge in [0.25, 0.3) is 0 Å². The Hall–Kier alpha value is -2.20. The summed E-state index contributed by atoms with van der Waals surface area (Å²) in [6, 6.07) is 10.3. The van der Waals surface area contributed by atoms with Crippen molar-refractivity contribution in [1.29, 1.82) is 0 Å². The van der Waals surface area contributed by atoms with Crippen molar-refractivity contribution in [3.63, 3.8) is 0 Å². The Bertz CT molecular complexity index is 721.